The van der Waals surface area contributed by atoms with Crippen molar-refractivity contribution in [1.29, 1.82) is 0 Å². The van der Waals surface area contributed by atoms with Crippen LogP contribution in [0.1, 0.15) is 19.9 Å². The summed E-state index contributed by atoms with van der Waals surface area (Å²) >= 11 is 7.77. The monoisotopic (exact) mass is 276 g/mol. The summed E-state index contributed by atoms with van der Waals surface area (Å²) in [6.45, 7) is 4.37. The zero-order chi connectivity index (χ0) is 12.7. The highest BCUT2D eigenvalue weighted by Gasteiger charge is 2.13. The molecule has 0 aliphatic carbocycles. The third kappa shape index (κ3) is 1.84. The van der Waals surface area contributed by atoms with E-state index in [1.165, 1.54) is 21.3 Å². The van der Waals surface area contributed by atoms with Crippen LogP contribution >= 0.6 is 22.9 Å². The van der Waals surface area contributed by atoms with Gasteiger partial charge in [0.2, 0.25) is 0 Å². The van der Waals surface area contributed by atoms with Gasteiger partial charge < -0.3 is 4.57 Å². The molecule has 0 spiro atoms. The van der Waals surface area contributed by atoms with Gasteiger partial charge in [-0.1, -0.05) is 11.6 Å². The number of benzene rings is 1. The van der Waals surface area contributed by atoms with Crippen molar-refractivity contribution in [2.75, 3.05) is 0 Å². The van der Waals surface area contributed by atoms with E-state index in [0.717, 1.165) is 5.02 Å². The molecule has 0 saturated carbocycles. The molecule has 0 amide bonds. The van der Waals surface area contributed by atoms with Gasteiger partial charge in [0.25, 0.3) is 0 Å². The van der Waals surface area contributed by atoms with Gasteiger partial charge in [-0.05, 0) is 32.0 Å². The van der Waals surface area contributed by atoms with Gasteiger partial charge in [0.05, 0.1) is 10.4 Å². The maximum Gasteiger partial charge on any atom is 0.0797 e. The molecule has 3 aromatic rings. The van der Waals surface area contributed by atoms with Gasteiger partial charge in [-0.2, -0.15) is 0 Å². The van der Waals surface area contributed by atoms with Crippen LogP contribution in [0.5, 0.6) is 0 Å². The second-order valence-corrected chi connectivity index (χ2v) is 5.89. The predicted molar refractivity (Wildman–Crippen MR) is 78.4 cm³/mol. The molecular formula is C14H13ClN2S. The number of halogens is 1. The molecule has 4 heteroatoms. The quantitative estimate of drug-likeness (QED) is 0.644. The molecule has 2 nitrogen and oxygen atoms in total. The molecule has 2 aromatic heterocycles. The Bertz CT molecular complexity index is 683. The molecule has 0 aliphatic heterocycles. The maximum atomic E-state index is 6.12. The van der Waals surface area contributed by atoms with E-state index in [1.54, 1.807) is 11.3 Å². The SMILES string of the molecule is CC(C)n1cc(-c2cncs2)c2cc(Cl)ccc21. The minimum absolute atomic E-state index is 0.426. The molecule has 0 radical (unpaired) electrons. The van der Waals surface area contributed by atoms with E-state index in [-0.39, 0.29) is 0 Å². The first-order valence-corrected chi connectivity index (χ1v) is 7.11. The van der Waals surface area contributed by atoms with Crippen LogP contribution in [0.4, 0.5) is 0 Å². The molecule has 0 aliphatic rings. The van der Waals surface area contributed by atoms with Crippen molar-refractivity contribution in [1.82, 2.24) is 9.55 Å². The second-order valence-electron chi connectivity index (χ2n) is 4.57. The van der Waals surface area contributed by atoms with Crippen LogP contribution in [-0.4, -0.2) is 9.55 Å². The molecule has 2 heterocycles. The lowest BCUT2D eigenvalue weighted by Crippen LogP contribution is -1.97. The maximum absolute atomic E-state index is 6.12. The highest BCUT2D eigenvalue weighted by atomic mass is 35.5. The van der Waals surface area contributed by atoms with E-state index in [0.29, 0.717) is 6.04 Å². The fourth-order valence-electron chi connectivity index (χ4n) is 2.20. The Labute approximate surface area is 115 Å². The molecular weight excluding hydrogens is 264 g/mol. The largest absolute Gasteiger partial charge is 0.344 e. The summed E-state index contributed by atoms with van der Waals surface area (Å²) in [4.78, 5) is 5.34. The van der Waals surface area contributed by atoms with Gasteiger partial charge in [0.1, 0.15) is 0 Å². The van der Waals surface area contributed by atoms with Crippen LogP contribution in [0, 0.1) is 0 Å². The van der Waals surface area contributed by atoms with E-state index < -0.39 is 0 Å². The zero-order valence-corrected chi connectivity index (χ0v) is 11.8. The smallest absolute Gasteiger partial charge is 0.0797 e. The molecule has 18 heavy (non-hydrogen) atoms. The van der Waals surface area contributed by atoms with Crippen LogP contribution in [0.15, 0.2) is 36.1 Å². The second kappa shape index (κ2) is 4.41. The van der Waals surface area contributed by atoms with Crippen LogP contribution in [0.2, 0.25) is 5.02 Å². The van der Waals surface area contributed by atoms with Crippen molar-refractivity contribution in [3.63, 3.8) is 0 Å². The first-order valence-electron chi connectivity index (χ1n) is 5.86. The Hall–Kier alpha value is -1.32. The van der Waals surface area contributed by atoms with Gasteiger partial charge >= 0.3 is 0 Å². The normalized spacial score (nSPS) is 11.6. The lowest BCUT2D eigenvalue weighted by atomic mass is 10.1. The van der Waals surface area contributed by atoms with Crippen molar-refractivity contribution in [2.45, 2.75) is 19.9 Å². The van der Waals surface area contributed by atoms with E-state index >= 15 is 0 Å². The van der Waals surface area contributed by atoms with Crippen molar-refractivity contribution >= 4 is 33.8 Å². The minimum atomic E-state index is 0.426. The fraction of sp³-hybridized carbons (Fsp3) is 0.214. The topological polar surface area (TPSA) is 17.8 Å². The lowest BCUT2D eigenvalue weighted by Gasteiger charge is -2.08. The summed E-state index contributed by atoms with van der Waals surface area (Å²) in [5.74, 6) is 0. The van der Waals surface area contributed by atoms with E-state index in [9.17, 15) is 0 Å². The summed E-state index contributed by atoms with van der Waals surface area (Å²) in [5.41, 5.74) is 4.29. The number of nitrogens with zero attached hydrogens (tertiary/aromatic N) is 2. The standard InChI is InChI=1S/C14H13ClN2S/c1-9(2)17-7-12(14-6-16-8-18-14)11-5-10(15)3-4-13(11)17/h3-9H,1-2H3. The van der Waals surface area contributed by atoms with Crippen LogP contribution in [0.3, 0.4) is 0 Å². The van der Waals surface area contributed by atoms with Crippen molar-refractivity contribution in [2.24, 2.45) is 0 Å². The highest BCUT2D eigenvalue weighted by molar-refractivity contribution is 7.13. The Morgan fingerprint density at radius 3 is 2.83 bits per heavy atom. The Kier molecular flexibility index (Phi) is 2.88. The third-order valence-electron chi connectivity index (χ3n) is 3.05. The number of fused-ring (bicyclic) bond motifs is 1. The summed E-state index contributed by atoms with van der Waals surface area (Å²) in [6, 6.07) is 6.49. The summed E-state index contributed by atoms with van der Waals surface area (Å²) < 4.78 is 2.28. The first kappa shape index (κ1) is 11.8. The molecule has 3 rings (SSSR count). The highest BCUT2D eigenvalue weighted by Crippen LogP contribution is 2.35. The molecule has 0 atom stereocenters. The van der Waals surface area contributed by atoms with Crippen molar-refractivity contribution in [3.05, 3.63) is 41.1 Å². The Morgan fingerprint density at radius 2 is 2.17 bits per heavy atom. The number of rotatable bonds is 2. The van der Waals surface area contributed by atoms with Gasteiger partial charge in [-0.3, -0.25) is 4.98 Å². The first-order chi connectivity index (χ1) is 8.66. The minimum Gasteiger partial charge on any atom is -0.344 e. The molecule has 1 aromatic carbocycles. The Morgan fingerprint density at radius 1 is 1.33 bits per heavy atom. The number of aromatic nitrogens is 2. The van der Waals surface area contributed by atoms with Gasteiger partial charge in [0.15, 0.2) is 0 Å². The summed E-state index contributed by atoms with van der Waals surface area (Å²) in [7, 11) is 0. The molecule has 0 N–H and O–H groups in total. The molecule has 0 fully saturated rings. The molecule has 92 valence electrons. The molecule has 0 saturated heterocycles. The van der Waals surface area contributed by atoms with Gasteiger partial charge in [-0.15, -0.1) is 11.3 Å². The van der Waals surface area contributed by atoms with E-state index in [4.69, 9.17) is 11.6 Å². The number of hydrogen-bond acceptors (Lipinski definition) is 2. The van der Waals surface area contributed by atoms with Crippen molar-refractivity contribution < 1.29 is 0 Å². The van der Waals surface area contributed by atoms with Crippen LogP contribution in [0.25, 0.3) is 21.3 Å². The molecule has 0 bridgehead atoms. The number of thiazole rings is 1. The Balaban J connectivity index is 2.34. The van der Waals surface area contributed by atoms with Crippen molar-refractivity contribution in [3.8, 4) is 10.4 Å². The predicted octanol–water partition coefficient (Wildman–Crippen LogP) is 5.00. The average molecular weight is 277 g/mol. The zero-order valence-electron chi connectivity index (χ0n) is 10.2. The van der Waals surface area contributed by atoms with Gasteiger partial charge in [0, 0.05) is 39.9 Å². The van der Waals surface area contributed by atoms with Crippen LogP contribution in [-0.2, 0) is 0 Å². The fourth-order valence-corrected chi connectivity index (χ4v) is 3.02. The number of hydrogen-bond donors (Lipinski definition) is 0. The third-order valence-corrected chi connectivity index (χ3v) is 4.09. The average Bonchev–Trinajstić information content (AvgIpc) is 2.93. The summed E-state index contributed by atoms with van der Waals surface area (Å²) in [6.07, 6.45) is 4.10. The summed E-state index contributed by atoms with van der Waals surface area (Å²) in [5, 5.41) is 1.97. The van der Waals surface area contributed by atoms with E-state index in [1.807, 2.05) is 23.8 Å². The van der Waals surface area contributed by atoms with Gasteiger partial charge in [-0.25, -0.2) is 0 Å². The van der Waals surface area contributed by atoms with Crippen LogP contribution < -0.4 is 0 Å². The molecule has 0 unspecified atom stereocenters. The van der Waals surface area contributed by atoms with E-state index in [2.05, 4.69) is 35.7 Å². The lowest BCUT2D eigenvalue weighted by molar-refractivity contribution is 0.623.